The summed E-state index contributed by atoms with van der Waals surface area (Å²) in [5.74, 6) is 4.65. The lowest BCUT2D eigenvalue weighted by Crippen LogP contribution is -2.23. The van der Waals surface area contributed by atoms with Crippen LogP contribution >= 0.6 is 0 Å². The molecule has 0 amide bonds. The molecule has 0 saturated heterocycles. The Labute approximate surface area is 110 Å². The Bertz CT molecular complexity index is 361. The van der Waals surface area contributed by atoms with Crippen LogP contribution in [0.5, 0.6) is 0 Å². The molecule has 5 atom stereocenters. The lowest BCUT2D eigenvalue weighted by Gasteiger charge is -2.18. The number of hydrogen-bond donors (Lipinski definition) is 0. The minimum absolute atomic E-state index is 0.104. The Morgan fingerprint density at radius 3 is 2.39 bits per heavy atom. The van der Waals surface area contributed by atoms with Gasteiger partial charge < -0.3 is 4.74 Å². The third kappa shape index (κ3) is 2.22. The molecule has 0 aromatic rings. The van der Waals surface area contributed by atoms with Gasteiger partial charge in [0.05, 0.1) is 6.42 Å². The predicted molar refractivity (Wildman–Crippen MR) is 70.9 cm³/mol. The van der Waals surface area contributed by atoms with Gasteiger partial charge in [-0.05, 0) is 69.6 Å². The summed E-state index contributed by atoms with van der Waals surface area (Å²) in [6.45, 7) is 5.74. The van der Waals surface area contributed by atoms with Crippen LogP contribution in [0.25, 0.3) is 0 Å². The van der Waals surface area contributed by atoms with E-state index in [4.69, 9.17) is 4.74 Å². The van der Waals surface area contributed by atoms with Gasteiger partial charge in [0.1, 0.15) is 5.60 Å². The van der Waals surface area contributed by atoms with Crippen LogP contribution in [0.4, 0.5) is 0 Å². The summed E-state index contributed by atoms with van der Waals surface area (Å²) >= 11 is 0. The van der Waals surface area contributed by atoms with E-state index in [2.05, 4.69) is 6.08 Å². The molecule has 3 saturated carbocycles. The quantitative estimate of drug-likeness (QED) is 0.564. The van der Waals surface area contributed by atoms with Crippen molar-refractivity contribution in [2.45, 2.75) is 52.1 Å². The van der Waals surface area contributed by atoms with Gasteiger partial charge in [-0.2, -0.15) is 0 Å². The lowest BCUT2D eigenvalue weighted by molar-refractivity contribution is -0.153. The van der Waals surface area contributed by atoms with E-state index in [0.717, 1.165) is 29.6 Å². The maximum absolute atomic E-state index is 11.6. The number of ether oxygens (including phenoxy) is 1. The third-order valence-corrected chi connectivity index (χ3v) is 4.86. The first kappa shape index (κ1) is 12.3. The van der Waals surface area contributed by atoms with E-state index < -0.39 is 0 Å². The van der Waals surface area contributed by atoms with Gasteiger partial charge in [-0.25, -0.2) is 0 Å². The predicted octanol–water partition coefficient (Wildman–Crippen LogP) is 3.57. The second-order valence-corrected chi connectivity index (χ2v) is 7.28. The molecule has 3 aliphatic rings. The second-order valence-electron chi connectivity index (χ2n) is 7.28. The van der Waals surface area contributed by atoms with Gasteiger partial charge in [-0.3, -0.25) is 4.79 Å². The fourth-order valence-corrected chi connectivity index (χ4v) is 4.36. The average molecular weight is 248 g/mol. The van der Waals surface area contributed by atoms with Crippen molar-refractivity contribution in [2.24, 2.45) is 29.6 Å². The van der Waals surface area contributed by atoms with Gasteiger partial charge in [0, 0.05) is 0 Å². The normalized spacial score (nSPS) is 41.2. The van der Waals surface area contributed by atoms with Crippen molar-refractivity contribution in [3.63, 3.8) is 0 Å². The molecule has 2 bridgehead atoms. The zero-order chi connectivity index (χ0) is 12.9. The largest absolute Gasteiger partial charge is 0.460 e. The summed E-state index contributed by atoms with van der Waals surface area (Å²) in [7, 11) is 0. The maximum Gasteiger partial charge on any atom is 0.310 e. The number of fused-ring (bicyclic) bond motifs is 5. The number of hydrogen-bond acceptors (Lipinski definition) is 2. The summed E-state index contributed by atoms with van der Waals surface area (Å²) in [5, 5.41) is 0. The van der Waals surface area contributed by atoms with E-state index in [9.17, 15) is 4.79 Å². The molecule has 0 aromatic heterocycles. The smallest absolute Gasteiger partial charge is 0.310 e. The zero-order valence-corrected chi connectivity index (χ0v) is 11.7. The van der Waals surface area contributed by atoms with Crippen LogP contribution < -0.4 is 0 Å². The van der Waals surface area contributed by atoms with Gasteiger partial charge in [0.15, 0.2) is 0 Å². The Morgan fingerprint density at radius 1 is 1.22 bits per heavy atom. The molecular formula is C16H24O2. The molecule has 0 aliphatic heterocycles. The highest BCUT2D eigenvalue weighted by molar-refractivity contribution is 5.71. The van der Waals surface area contributed by atoms with Gasteiger partial charge >= 0.3 is 5.97 Å². The Kier molecular flexibility index (Phi) is 2.80. The Morgan fingerprint density at radius 2 is 1.83 bits per heavy atom. The Balaban J connectivity index is 1.45. The molecule has 0 N–H and O–H groups in total. The van der Waals surface area contributed by atoms with Gasteiger partial charge in [-0.15, -0.1) is 0 Å². The fourth-order valence-electron chi connectivity index (χ4n) is 4.36. The minimum Gasteiger partial charge on any atom is -0.460 e. The van der Waals surface area contributed by atoms with Crippen LogP contribution in [0.2, 0.25) is 0 Å². The van der Waals surface area contributed by atoms with Crippen LogP contribution in [0, 0.1) is 29.6 Å². The zero-order valence-electron chi connectivity index (χ0n) is 11.7. The molecule has 2 heteroatoms. The highest BCUT2D eigenvalue weighted by atomic mass is 16.6. The van der Waals surface area contributed by atoms with Crippen molar-refractivity contribution >= 4 is 5.97 Å². The molecule has 0 aromatic carbocycles. The van der Waals surface area contributed by atoms with Crippen molar-refractivity contribution < 1.29 is 9.53 Å². The molecule has 100 valence electrons. The van der Waals surface area contributed by atoms with Gasteiger partial charge in [-0.1, -0.05) is 12.2 Å². The first-order chi connectivity index (χ1) is 8.46. The Hall–Kier alpha value is -0.790. The summed E-state index contributed by atoms with van der Waals surface area (Å²) < 4.78 is 5.30. The highest BCUT2D eigenvalue weighted by Gasteiger charge is 2.63. The van der Waals surface area contributed by atoms with Crippen molar-refractivity contribution in [2.75, 3.05) is 0 Å². The van der Waals surface area contributed by atoms with Crippen LogP contribution in [0.15, 0.2) is 12.2 Å². The highest BCUT2D eigenvalue weighted by Crippen LogP contribution is 2.69. The second kappa shape index (κ2) is 4.11. The summed E-state index contributed by atoms with van der Waals surface area (Å²) in [4.78, 5) is 11.6. The number of carbonyl (C=O) groups is 1. The first-order valence-corrected chi connectivity index (χ1v) is 7.34. The van der Waals surface area contributed by atoms with E-state index in [1.807, 2.05) is 26.8 Å². The summed E-state index contributed by atoms with van der Waals surface area (Å²) in [6.07, 6.45) is 9.18. The van der Waals surface area contributed by atoms with Crippen molar-refractivity contribution in [1.29, 1.82) is 0 Å². The van der Waals surface area contributed by atoms with Crippen LogP contribution in [0.1, 0.15) is 46.5 Å². The third-order valence-electron chi connectivity index (χ3n) is 4.86. The lowest BCUT2D eigenvalue weighted by atomic mass is 10.0. The molecule has 0 heterocycles. The fraction of sp³-hybridized carbons (Fsp3) is 0.812. The standard InChI is InChI=1S/C16H24O2/c1-16(2,3)18-13(17)6-4-5-12-14-10-7-8-11(9-10)15(12)14/h4-5,10-12,14-15H,6-9H2,1-3H3/b5-4-/t10-,11+,12?,14-,15+. The minimum atomic E-state index is -0.361. The first-order valence-electron chi connectivity index (χ1n) is 7.34. The topological polar surface area (TPSA) is 26.3 Å². The van der Waals surface area contributed by atoms with Crippen LogP contribution in [-0.4, -0.2) is 11.6 Å². The number of carbonyl (C=O) groups excluding carboxylic acids is 1. The molecule has 2 nitrogen and oxygen atoms in total. The van der Waals surface area contributed by atoms with Crippen molar-refractivity contribution in [3.8, 4) is 0 Å². The average Bonchev–Trinajstić information content (AvgIpc) is 2.66. The molecular weight excluding hydrogens is 224 g/mol. The maximum atomic E-state index is 11.6. The molecule has 3 fully saturated rings. The molecule has 3 rings (SSSR count). The van der Waals surface area contributed by atoms with Gasteiger partial charge in [0.25, 0.3) is 0 Å². The number of esters is 1. The molecule has 0 spiro atoms. The van der Waals surface area contributed by atoms with Crippen LogP contribution in [0.3, 0.4) is 0 Å². The SMILES string of the molecule is CC(C)(C)OC(=O)C/C=C\C1[C@@H]2[C@H]3CC[C@H](C3)[C@H]12. The summed E-state index contributed by atoms with van der Waals surface area (Å²) in [5.41, 5.74) is -0.361. The van der Waals surface area contributed by atoms with E-state index in [0.29, 0.717) is 6.42 Å². The molecule has 0 radical (unpaired) electrons. The van der Waals surface area contributed by atoms with E-state index in [-0.39, 0.29) is 11.6 Å². The van der Waals surface area contributed by atoms with Crippen molar-refractivity contribution in [1.82, 2.24) is 0 Å². The monoisotopic (exact) mass is 248 g/mol. The number of allylic oxidation sites excluding steroid dienone is 1. The van der Waals surface area contributed by atoms with E-state index in [1.165, 1.54) is 19.3 Å². The molecule has 3 aliphatic carbocycles. The number of rotatable bonds is 3. The van der Waals surface area contributed by atoms with Gasteiger partial charge in [0.2, 0.25) is 0 Å². The van der Waals surface area contributed by atoms with E-state index in [1.54, 1.807) is 0 Å². The molecule has 18 heavy (non-hydrogen) atoms. The molecule has 1 unspecified atom stereocenters. The van der Waals surface area contributed by atoms with E-state index >= 15 is 0 Å². The van der Waals surface area contributed by atoms with Crippen LogP contribution in [-0.2, 0) is 9.53 Å². The summed E-state index contributed by atoms with van der Waals surface area (Å²) in [6, 6.07) is 0. The van der Waals surface area contributed by atoms with Crippen molar-refractivity contribution in [3.05, 3.63) is 12.2 Å².